The van der Waals surface area contributed by atoms with Gasteiger partial charge in [0.2, 0.25) is 5.91 Å². The van der Waals surface area contributed by atoms with Crippen LogP contribution in [0.2, 0.25) is 0 Å². The summed E-state index contributed by atoms with van der Waals surface area (Å²) in [6.45, 7) is -0.101. The summed E-state index contributed by atoms with van der Waals surface area (Å²) in [6, 6.07) is 7.97. The molecule has 0 aromatic heterocycles. The van der Waals surface area contributed by atoms with Crippen LogP contribution in [0.4, 0.5) is 4.79 Å². The second-order valence-electron chi connectivity index (χ2n) is 5.46. The molecule has 126 valence electrons. The summed E-state index contributed by atoms with van der Waals surface area (Å²) in [4.78, 5) is 25.8. The zero-order chi connectivity index (χ0) is 16.7. The fraction of sp³-hybridized carbons (Fsp3) is 0.500. The van der Waals surface area contributed by atoms with Crippen LogP contribution in [0.3, 0.4) is 0 Å². The summed E-state index contributed by atoms with van der Waals surface area (Å²) >= 11 is 0. The van der Waals surface area contributed by atoms with Crippen molar-refractivity contribution < 1.29 is 24.5 Å². The van der Waals surface area contributed by atoms with Crippen LogP contribution in [0.15, 0.2) is 30.3 Å². The zero-order valence-corrected chi connectivity index (χ0v) is 12.9. The quantitative estimate of drug-likeness (QED) is 0.697. The Labute approximate surface area is 134 Å². The van der Waals surface area contributed by atoms with E-state index in [0.29, 0.717) is 19.4 Å². The van der Waals surface area contributed by atoms with Crippen molar-refractivity contribution >= 4 is 12.0 Å². The van der Waals surface area contributed by atoms with Gasteiger partial charge in [-0.1, -0.05) is 30.3 Å². The second-order valence-corrected chi connectivity index (χ2v) is 5.46. The number of hydrogen-bond donors (Lipinski definition) is 3. The highest BCUT2D eigenvalue weighted by atomic mass is 16.6. The van der Waals surface area contributed by atoms with E-state index in [2.05, 4.69) is 5.32 Å². The first-order valence-electron chi connectivity index (χ1n) is 7.65. The highest BCUT2D eigenvalue weighted by Gasteiger charge is 2.35. The van der Waals surface area contributed by atoms with E-state index in [1.54, 1.807) is 0 Å². The highest BCUT2D eigenvalue weighted by Crippen LogP contribution is 2.19. The molecule has 7 heteroatoms. The molecule has 0 aliphatic carbocycles. The first-order valence-corrected chi connectivity index (χ1v) is 7.65. The Morgan fingerprint density at radius 3 is 2.61 bits per heavy atom. The molecule has 0 unspecified atom stereocenters. The summed E-state index contributed by atoms with van der Waals surface area (Å²) in [5.41, 5.74) is 0.877. The number of hydrogen-bond acceptors (Lipinski definition) is 5. The number of aliphatic hydroxyl groups is 2. The fourth-order valence-electron chi connectivity index (χ4n) is 2.51. The van der Waals surface area contributed by atoms with Gasteiger partial charge in [0.15, 0.2) is 0 Å². The van der Waals surface area contributed by atoms with Crippen molar-refractivity contribution in [3.63, 3.8) is 0 Å². The van der Waals surface area contributed by atoms with E-state index in [0.717, 1.165) is 5.56 Å². The molecule has 0 bridgehead atoms. The molecule has 1 aliphatic heterocycles. The third-order valence-corrected chi connectivity index (χ3v) is 3.78. The lowest BCUT2D eigenvalue weighted by molar-refractivity contribution is -0.126. The van der Waals surface area contributed by atoms with E-state index >= 15 is 0 Å². The molecule has 3 N–H and O–H groups in total. The summed E-state index contributed by atoms with van der Waals surface area (Å²) in [5.74, 6) is -0.382. The average molecular weight is 322 g/mol. The zero-order valence-electron chi connectivity index (χ0n) is 12.9. The number of carbonyl (C=O) groups is 2. The molecule has 1 aromatic carbocycles. The first kappa shape index (κ1) is 17.2. The van der Waals surface area contributed by atoms with Crippen LogP contribution < -0.4 is 5.32 Å². The number of ether oxygens (including phenoxy) is 1. The molecule has 2 amide bonds. The number of rotatable bonds is 6. The van der Waals surface area contributed by atoms with Crippen LogP contribution in [-0.2, 0) is 16.1 Å². The van der Waals surface area contributed by atoms with E-state index in [1.165, 1.54) is 4.90 Å². The van der Waals surface area contributed by atoms with Crippen LogP contribution in [0.25, 0.3) is 0 Å². The van der Waals surface area contributed by atoms with Gasteiger partial charge in [-0.15, -0.1) is 0 Å². The van der Waals surface area contributed by atoms with Gasteiger partial charge in [-0.2, -0.15) is 0 Å². The molecular weight excluding hydrogens is 300 g/mol. The predicted molar refractivity (Wildman–Crippen MR) is 82.5 cm³/mol. The molecule has 0 saturated carbocycles. The topological polar surface area (TPSA) is 99.1 Å². The van der Waals surface area contributed by atoms with Crippen LogP contribution in [0.5, 0.6) is 0 Å². The number of aliphatic hydroxyl groups excluding tert-OH is 2. The molecule has 0 spiro atoms. The van der Waals surface area contributed by atoms with Crippen molar-refractivity contribution in [2.75, 3.05) is 19.8 Å². The van der Waals surface area contributed by atoms with Gasteiger partial charge in [-0.25, -0.2) is 4.79 Å². The molecule has 2 rings (SSSR count). The number of amides is 2. The Hall–Kier alpha value is -2.12. The summed E-state index contributed by atoms with van der Waals surface area (Å²) in [6.07, 6.45) is 0.716. The van der Waals surface area contributed by atoms with E-state index in [1.807, 2.05) is 30.3 Å². The van der Waals surface area contributed by atoms with Gasteiger partial charge in [-0.3, -0.25) is 9.69 Å². The Balaban J connectivity index is 1.89. The number of likely N-dealkylation sites (tertiary alicyclic amines) is 1. The minimum absolute atomic E-state index is 0.153. The maximum Gasteiger partial charge on any atom is 0.410 e. The lowest BCUT2D eigenvalue weighted by Crippen LogP contribution is -2.50. The molecule has 0 radical (unpaired) electrons. The average Bonchev–Trinajstić information content (AvgIpc) is 3.08. The number of nitrogens with one attached hydrogen (secondary N) is 1. The van der Waals surface area contributed by atoms with Crippen molar-refractivity contribution in [1.82, 2.24) is 10.2 Å². The fourth-order valence-corrected chi connectivity index (χ4v) is 2.51. The van der Waals surface area contributed by atoms with E-state index in [-0.39, 0.29) is 25.7 Å². The third-order valence-electron chi connectivity index (χ3n) is 3.78. The van der Waals surface area contributed by atoms with Crippen molar-refractivity contribution in [3.8, 4) is 0 Å². The second kappa shape index (κ2) is 8.50. The Kier molecular flexibility index (Phi) is 6.37. The SMILES string of the molecule is O=C(NC(CO)CO)[C@@H]1CCCN1C(=O)OCc1ccccc1. The Morgan fingerprint density at radius 2 is 1.96 bits per heavy atom. The summed E-state index contributed by atoms with van der Waals surface area (Å²) < 4.78 is 5.26. The Bertz CT molecular complexity index is 518. The molecule has 1 aliphatic rings. The smallest absolute Gasteiger partial charge is 0.410 e. The standard InChI is InChI=1S/C16H22N2O5/c19-9-13(10-20)17-15(21)14-7-4-8-18(14)16(22)23-11-12-5-2-1-3-6-12/h1-3,5-6,13-14,19-20H,4,7-11H2,(H,17,21)/t14-/m0/s1. The van der Waals surface area contributed by atoms with Gasteiger partial charge in [0, 0.05) is 6.54 Å². The molecule has 1 aromatic rings. The molecule has 1 atom stereocenters. The van der Waals surface area contributed by atoms with Crippen LogP contribution in [0.1, 0.15) is 18.4 Å². The first-order chi connectivity index (χ1) is 11.2. The minimum Gasteiger partial charge on any atom is -0.445 e. The maximum atomic E-state index is 12.2. The van der Waals surface area contributed by atoms with Crippen LogP contribution >= 0.6 is 0 Å². The van der Waals surface area contributed by atoms with E-state index in [4.69, 9.17) is 14.9 Å². The minimum atomic E-state index is -0.717. The molecule has 1 heterocycles. The van der Waals surface area contributed by atoms with Gasteiger partial charge in [0.25, 0.3) is 0 Å². The largest absolute Gasteiger partial charge is 0.445 e. The molecule has 1 fully saturated rings. The van der Waals surface area contributed by atoms with Crippen molar-refractivity contribution in [2.24, 2.45) is 0 Å². The summed E-state index contributed by atoms with van der Waals surface area (Å²) in [7, 11) is 0. The van der Waals surface area contributed by atoms with Crippen molar-refractivity contribution in [1.29, 1.82) is 0 Å². The maximum absolute atomic E-state index is 12.2. The van der Waals surface area contributed by atoms with Gasteiger partial charge in [0.1, 0.15) is 12.6 Å². The molecule has 7 nitrogen and oxygen atoms in total. The Morgan fingerprint density at radius 1 is 1.26 bits per heavy atom. The normalized spacial score (nSPS) is 17.3. The van der Waals surface area contributed by atoms with E-state index < -0.39 is 18.2 Å². The lowest BCUT2D eigenvalue weighted by atomic mass is 10.2. The van der Waals surface area contributed by atoms with Crippen molar-refractivity contribution in [2.45, 2.75) is 31.5 Å². The summed E-state index contributed by atoms with van der Waals surface area (Å²) in [5, 5.41) is 20.6. The third kappa shape index (κ3) is 4.67. The van der Waals surface area contributed by atoms with Gasteiger partial charge < -0.3 is 20.3 Å². The van der Waals surface area contributed by atoms with E-state index in [9.17, 15) is 9.59 Å². The monoisotopic (exact) mass is 322 g/mol. The molecule has 1 saturated heterocycles. The molecule has 23 heavy (non-hydrogen) atoms. The van der Waals surface area contributed by atoms with Gasteiger partial charge >= 0.3 is 6.09 Å². The van der Waals surface area contributed by atoms with Crippen LogP contribution in [-0.4, -0.2) is 59.0 Å². The van der Waals surface area contributed by atoms with Gasteiger partial charge in [0.05, 0.1) is 19.3 Å². The van der Waals surface area contributed by atoms with Crippen molar-refractivity contribution in [3.05, 3.63) is 35.9 Å². The number of carbonyl (C=O) groups excluding carboxylic acids is 2. The van der Waals surface area contributed by atoms with Gasteiger partial charge in [-0.05, 0) is 18.4 Å². The number of benzene rings is 1. The highest BCUT2D eigenvalue weighted by molar-refractivity contribution is 5.86. The lowest BCUT2D eigenvalue weighted by Gasteiger charge is -2.25. The predicted octanol–water partition coefficient (Wildman–Crippen LogP) is 0.257. The number of nitrogens with zero attached hydrogens (tertiary/aromatic N) is 1. The molecular formula is C16H22N2O5. The van der Waals surface area contributed by atoms with Crippen LogP contribution in [0, 0.1) is 0 Å².